The van der Waals surface area contributed by atoms with Crippen molar-refractivity contribution in [1.29, 1.82) is 0 Å². The Hall–Kier alpha value is -1.30. The summed E-state index contributed by atoms with van der Waals surface area (Å²) in [5, 5.41) is 12.4. The van der Waals surface area contributed by atoms with Crippen LogP contribution < -0.4 is 5.32 Å². The molecule has 2 fully saturated rings. The van der Waals surface area contributed by atoms with Crippen molar-refractivity contribution < 1.29 is 24.2 Å². The lowest BCUT2D eigenvalue weighted by molar-refractivity contribution is -0.241. The van der Waals surface area contributed by atoms with Gasteiger partial charge in [0.15, 0.2) is 5.54 Å². The van der Waals surface area contributed by atoms with Gasteiger partial charge in [0, 0.05) is 17.9 Å². The van der Waals surface area contributed by atoms with E-state index in [0.29, 0.717) is 6.61 Å². The molecule has 1 aliphatic carbocycles. The summed E-state index contributed by atoms with van der Waals surface area (Å²) in [7, 11) is 0. The standard InChI is InChI=1S/C15H25NO5/c1-13(2,3)21-12(19)16-15(11(17)18)9-7-6-8-20-10(9)14(15,4)5/h9-10H,6-8H2,1-5H3,(H,16,19)(H,17,18)/t9-,10+,15-/m1/s1. The molecule has 0 unspecified atom stereocenters. The molecule has 1 saturated heterocycles. The number of carbonyl (C=O) groups excluding carboxylic acids is 1. The zero-order chi connectivity index (χ0) is 16.1. The Morgan fingerprint density at radius 1 is 1.33 bits per heavy atom. The zero-order valence-electron chi connectivity index (χ0n) is 13.4. The third-order valence-electron chi connectivity index (χ3n) is 4.64. The number of hydrogen-bond donors (Lipinski definition) is 2. The van der Waals surface area contributed by atoms with Gasteiger partial charge in [0.1, 0.15) is 5.60 Å². The van der Waals surface area contributed by atoms with E-state index in [1.165, 1.54) is 0 Å². The van der Waals surface area contributed by atoms with Gasteiger partial charge in [-0.2, -0.15) is 0 Å². The van der Waals surface area contributed by atoms with Crippen molar-refractivity contribution in [3.05, 3.63) is 0 Å². The average Bonchev–Trinajstić information content (AvgIpc) is 2.33. The second kappa shape index (κ2) is 4.87. The van der Waals surface area contributed by atoms with Crippen LogP contribution in [0.25, 0.3) is 0 Å². The Labute approximate surface area is 125 Å². The Morgan fingerprint density at radius 3 is 2.48 bits per heavy atom. The van der Waals surface area contributed by atoms with E-state index < -0.39 is 28.6 Å². The summed E-state index contributed by atoms with van der Waals surface area (Å²) in [6.07, 6.45) is 0.706. The van der Waals surface area contributed by atoms with Crippen molar-refractivity contribution in [1.82, 2.24) is 5.32 Å². The van der Waals surface area contributed by atoms with Crippen LogP contribution in [0.5, 0.6) is 0 Å². The maximum absolute atomic E-state index is 12.1. The molecule has 0 spiro atoms. The molecule has 6 nitrogen and oxygen atoms in total. The van der Waals surface area contributed by atoms with Gasteiger partial charge in [0.2, 0.25) is 0 Å². The molecule has 6 heteroatoms. The number of hydrogen-bond acceptors (Lipinski definition) is 4. The molecular weight excluding hydrogens is 274 g/mol. The Kier molecular flexibility index (Phi) is 3.72. The lowest BCUT2D eigenvalue weighted by atomic mass is 9.46. The minimum Gasteiger partial charge on any atom is -0.479 e. The van der Waals surface area contributed by atoms with Gasteiger partial charge in [-0.3, -0.25) is 0 Å². The molecule has 0 aromatic heterocycles. The molecule has 3 atom stereocenters. The van der Waals surface area contributed by atoms with Crippen LogP contribution in [0.3, 0.4) is 0 Å². The Morgan fingerprint density at radius 2 is 1.95 bits per heavy atom. The molecular formula is C15H25NO5. The average molecular weight is 299 g/mol. The molecule has 0 bridgehead atoms. The van der Waals surface area contributed by atoms with Crippen LogP contribution in [0.2, 0.25) is 0 Å². The predicted molar refractivity (Wildman–Crippen MR) is 76.0 cm³/mol. The molecule has 21 heavy (non-hydrogen) atoms. The minimum atomic E-state index is -1.33. The highest BCUT2D eigenvalue weighted by Crippen LogP contribution is 2.58. The number of ether oxygens (including phenoxy) is 2. The summed E-state index contributed by atoms with van der Waals surface area (Å²) in [4.78, 5) is 24.0. The second-order valence-electron chi connectivity index (χ2n) is 7.50. The van der Waals surface area contributed by atoms with Crippen LogP contribution in [0, 0.1) is 11.3 Å². The van der Waals surface area contributed by atoms with E-state index in [4.69, 9.17) is 9.47 Å². The lowest BCUT2D eigenvalue weighted by Crippen LogP contribution is -2.82. The Balaban J connectivity index is 2.25. The SMILES string of the molecule is CC(C)(C)OC(=O)N[C@@]1(C(=O)O)[C@@H]2CCCO[C@@H]2C1(C)C. The van der Waals surface area contributed by atoms with E-state index in [0.717, 1.165) is 12.8 Å². The van der Waals surface area contributed by atoms with Crippen LogP contribution in [0.1, 0.15) is 47.5 Å². The predicted octanol–water partition coefficient (Wildman–Crippen LogP) is 2.17. The quantitative estimate of drug-likeness (QED) is 0.816. The van der Waals surface area contributed by atoms with Gasteiger partial charge < -0.3 is 19.9 Å². The van der Waals surface area contributed by atoms with Crippen LogP contribution in [0.4, 0.5) is 4.79 Å². The number of carbonyl (C=O) groups is 2. The molecule has 2 rings (SSSR count). The summed E-state index contributed by atoms with van der Waals surface area (Å²) in [6.45, 7) is 9.54. The van der Waals surface area contributed by atoms with Crippen molar-refractivity contribution in [3.63, 3.8) is 0 Å². The van der Waals surface area contributed by atoms with Crippen LogP contribution in [-0.2, 0) is 14.3 Å². The smallest absolute Gasteiger partial charge is 0.408 e. The summed E-state index contributed by atoms with van der Waals surface area (Å²) >= 11 is 0. The summed E-state index contributed by atoms with van der Waals surface area (Å²) in [5.41, 5.74) is -2.68. The van der Waals surface area contributed by atoms with Crippen LogP contribution in [0.15, 0.2) is 0 Å². The Bertz CT molecular complexity index is 453. The highest BCUT2D eigenvalue weighted by Gasteiger charge is 2.73. The highest BCUT2D eigenvalue weighted by atomic mass is 16.6. The molecule has 1 saturated carbocycles. The molecule has 0 aromatic rings. The van der Waals surface area contributed by atoms with Crippen molar-refractivity contribution in [2.45, 2.75) is 64.7 Å². The van der Waals surface area contributed by atoms with Gasteiger partial charge in [-0.1, -0.05) is 13.8 Å². The van der Waals surface area contributed by atoms with Crippen molar-refractivity contribution in [2.24, 2.45) is 11.3 Å². The van der Waals surface area contributed by atoms with E-state index in [1.807, 2.05) is 13.8 Å². The summed E-state index contributed by atoms with van der Waals surface area (Å²) < 4.78 is 11.0. The maximum Gasteiger partial charge on any atom is 0.408 e. The van der Waals surface area contributed by atoms with Crippen molar-refractivity contribution in [2.75, 3.05) is 6.61 Å². The van der Waals surface area contributed by atoms with Gasteiger partial charge in [0.25, 0.3) is 0 Å². The number of amides is 1. The van der Waals surface area contributed by atoms with Gasteiger partial charge in [-0.25, -0.2) is 9.59 Å². The molecule has 1 heterocycles. The number of alkyl carbamates (subject to hydrolysis) is 1. The molecule has 2 aliphatic rings. The third kappa shape index (κ3) is 2.39. The number of rotatable bonds is 2. The van der Waals surface area contributed by atoms with Gasteiger partial charge in [-0.05, 0) is 33.6 Å². The summed E-state index contributed by atoms with van der Waals surface area (Å²) in [6, 6.07) is 0. The van der Waals surface area contributed by atoms with Gasteiger partial charge in [0.05, 0.1) is 6.10 Å². The number of carboxylic acid groups (broad SMARTS) is 1. The van der Waals surface area contributed by atoms with Gasteiger partial charge in [-0.15, -0.1) is 0 Å². The largest absolute Gasteiger partial charge is 0.479 e. The monoisotopic (exact) mass is 299 g/mol. The number of aliphatic carboxylic acids is 1. The fraction of sp³-hybridized carbons (Fsp3) is 0.867. The molecule has 1 aliphatic heterocycles. The first-order valence-corrected chi connectivity index (χ1v) is 7.38. The van der Waals surface area contributed by atoms with E-state index >= 15 is 0 Å². The number of fused-ring (bicyclic) bond motifs is 1. The maximum atomic E-state index is 12.1. The van der Waals surface area contributed by atoms with Crippen LogP contribution in [-0.4, -0.2) is 41.0 Å². The van der Waals surface area contributed by atoms with Crippen LogP contribution >= 0.6 is 0 Å². The van der Waals surface area contributed by atoms with Gasteiger partial charge >= 0.3 is 12.1 Å². The van der Waals surface area contributed by atoms with E-state index in [-0.39, 0.29) is 12.0 Å². The topological polar surface area (TPSA) is 84.9 Å². The summed E-state index contributed by atoms with van der Waals surface area (Å²) in [5.74, 6) is -1.24. The van der Waals surface area contributed by atoms with Crippen molar-refractivity contribution in [3.8, 4) is 0 Å². The normalized spacial score (nSPS) is 34.3. The third-order valence-corrected chi connectivity index (χ3v) is 4.64. The second-order valence-corrected chi connectivity index (χ2v) is 7.50. The fourth-order valence-electron chi connectivity index (χ4n) is 3.75. The van der Waals surface area contributed by atoms with E-state index in [9.17, 15) is 14.7 Å². The molecule has 0 aromatic carbocycles. The number of carboxylic acids is 1. The van der Waals surface area contributed by atoms with E-state index in [1.54, 1.807) is 20.8 Å². The first-order chi connectivity index (χ1) is 9.52. The molecule has 0 radical (unpaired) electrons. The lowest BCUT2D eigenvalue weighted by Gasteiger charge is -2.65. The highest BCUT2D eigenvalue weighted by molar-refractivity contribution is 5.88. The number of nitrogens with one attached hydrogen (secondary N) is 1. The first kappa shape index (κ1) is 16.1. The molecule has 2 N–H and O–H groups in total. The molecule has 120 valence electrons. The van der Waals surface area contributed by atoms with E-state index in [2.05, 4.69) is 5.32 Å². The zero-order valence-corrected chi connectivity index (χ0v) is 13.4. The van der Waals surface area contributed by atoms with Crippen molar-refractivity contribution >= 4 is 12.1 Å². The molecule has 1 amide bonds. The fourth-order valence-corrected chi connectivity index (χ4v) is 3.75. The first-order valence-electron chi connectivity index (χ1n) is 7.38. The minimum absolute atomic E-state index is 0.141.